The Morgan fingerprint density at radius 2 is 1.91 bits per heavy atom. The molecule has 1 aromatic heterocycles. The van der Waals surface area contributed by atoms with E-state index in [1.165, 1.54) is 5.56 Å². The van der Waals surface area contributed by atoms with Gasteiger partial charge in [0.15, 0.2) is 0 Å². The van der Waals surface area contributed by atoms with Crippen molar-refractivity contribution in [3.63, 3.8) is 0 Å². The van der Waals surface area contributed by atoms with E-state index >= 15 is 0 Å². The van der Waals surface area contributed by atoms with Gasteiger partial charge < -0.3 is 4.90 Å². The lowest BCUT2D eigenvalue weighted by atomic mass is 10.1. The highest BCUT2D eigenvalue weighted by Crippen LogP contribution is 2.16. The molecular formula is C17H21BrN4O. The third kappa shape index (κ3) is 3.82. The lowest BCUT2D eigenvalue weighted by molar-refractivity contribution is 0.279. The van der Waals surface area contributed by atoms with Crippen molar-refractivity contribution in [2.75, 3.05) is 32.1 Å². The largest absolute Gasteiger partial charge is 0.348 e. The van der Waals surface area contributed by atoms with Gasteiger partial charge in [-0.25, -0.2) is 4.98 Å². The molecule has 0 radical (unpaired) electrons. The quantitative estimate of drug-likeness (QED) is 0.891. The fraction of sp³-hybridized carbons (Fsp3) is 0.412. The fourth-order valence-corrected chi connectivity index (χ4v) is 3.12. The number of rotatable bonds is 3. The van der Waals surface area contributed by atoms with E-state index in [9.17, 15) is 4.79 Å². The van der Waals surface area contributed by atoms with Crippen LogP contribution in [0.1, 0.15) is 16.8 Å². The number of anilines is 1. The molecule has 1 aliphatic rings. The maximum absolute atomic E-state index is 12.3. The number of hydrogen-bond acceptors (Lipinski definition) is 4. The van der Waals surface area contributed by atoms with Crippen molar-refractivity contribution < 1.29 is 0 Å². The molecule has 1 aliphatic heterocycles. The van der Waals surface area contributed by atoms with Crippen LogP contribution in [0.5, 0.6) is 0 Å². The summed E-state index contributed by atoms with van der Waals surface area (Å²) in [7, 11) is 3.78. The Morgan fingerprint density at radius 1 is 1.22 bits per heavy atom. The molecule has 0 spiro atoms. The van der Waals surface area contributed by atoms with Gasteiger partial charge in [-0.15, -0.1) is 0 Å². The second kappa shape index (κ2) is 6.84. The van der Waals surface area contributed by atoms with Crippen LogP contribution in [-0.2, 0) is 19.4 Å². The summed E-state index contributed by atoms with van der Waals surface area (Å²) in [4.78, 5) is 24.0. The number of aromatic amines is 1. The second-order valence-electron chi connectivity index (χ2n) is 6.11. The summed E-state index contributed by atoms with van der Waals surface area (Å²) in [5.41, 5.74) is 3.07. The Bertz CT molecular complexity index is 739. The molecular weight excluding hydrogens is 356 g/mol. The number of benzene rings is 1. The molecule has 5 nitrogen and oxygen atoms in total. The molecule has 23 heavy (non-hydrogen) atoms. The Morgan fingerprint density at radius 3 is 2.61 bits per heavy atom. The summed E-state index contributed by atoms with van der Waals surface area (Å²) in [6.07, 6.45) is 1.57. The summed E-state index contributed by atoms with van der Waals surface area (Å²) in [5.74, 6) is 0.634. The second-order valence-corrected chi connectivity index (χ2v) is 7.03. The molecule has 3 rings (SSSR count). The van der Waals surface area contributed by atoms with Gasteiger partial charge >= 0.3 is 0 Å². The Hall–Kier alpha value is -1.66. The molecule has 0 aliphatic carbocycles. The maximum atomic E-state index is 12.3. The Labute approximate surface area is 144 Å². The van der Waals surface area contributed by atoms with Crippen LogP contribution in [0.3, 0.4) is 0 Å². The minimum atomic E-state index is 0.00388. The van der Waals surface area contributed by atoms with Crippen molar-refractivity contribution in [1.82, 2.24) is 14.9 Å². The summed E-state index contributed by atoms with van der Waals surface area (Å²) >= 11 is 3.46. The average Bonchev–Trinajstić information content (AvgIpc) is 2.72. The zero-order valence-corrected chi connectivity index (χ0v) is 15.1. The lowest BCUT2D eigenvalue weighted by Crippen LogP contribution is -2.26. The van der Waals surface area contributed by atoms with Gasteiger partial charge in [0.25, 0.3) is 5.56 Å². The number of nitrogens with zero attached hydrogens (tertiary/aromatic N) is 3. The molecule has 2 heterocycles. The average molecular weight is 377 g/mol. The normalized spacial score (nSPS) is 15.1. The van der Waals surface area contributed by atoms with Crippen LogP contribution in [0.4, 0.5) is 5.95 Å². The molecule has 0 atom stereocenters. The summed E-state index contributed by atoms with van der Waals surface area (Å²) in [5, 5.41) is 0. The summed E-state index contributed by atoms with van der Waals surface area (Å²) < 4.78 is 1.09. The minimum Gasteiger partial charge on any atom is -0.348 e. The molecule has 2 aromatic rings. The van der Waals surface area contributed by atoms with E-state index in [0.717, 1.165) is 48.2 Å². The third-order valence-electron chi connectivity index (χ3n) is 4.17. The summed E-state index contributed by atoms with van der Waals surface area (Å²) in [6.45, 7) is 2.71. The standard InChI is InChI=1S/C17H21BrN4O/c1-21(2)17-19-15-8-10-22(9-7-14(15)16(23)20-17)11-12-3-5-13(18)6-4-12/h3-6H,7-11H2,1-2H3,(H,19,20,23). The van der Waals surface area contributed by atoms with Crippen LogP contribution in [0.2, 0.25) is 0 Å². The number of fused-ring (bicyclic) bond motifs is 1. The van der Waals surface area contributed by atoms with Crippen LogP contribution in [0.15, 0.2) is 33.5 Å². The molecule has 0 unspecified atom stereocenters. The number of aromatic nitrogens is 2. The van der Waals surface area contributed by atoms with E-state index < -0.39 is 0 Å². The van der Waals surface area contributed by atoms with Gasteiger partial charge in [0, 0.05) is 50.2 Å². The zero-order valence-electron chi connectivity index (χ0n) is 13.5. The number of halogens is 1. The van der Waals surface area contributed by atoms with Crippen molar-refractivity contribution in [3.05, 3.63) is 55.9 Å². The Kier molecular flexibility index (Phi) is 4.82. The van der Waals surface area contributed by atoms with Gasteiger partial charge in [-0.2, -0.15) is 0 Å². The van der Waals surface area contributed by atoms with Gasteiger partial charge in [-0.05, 0) is 24.1 Å². The van der Waals surface area contributed by atoms with Gasteiger partial charge in [-0.1, -0.05) is 28.1 Å². The minimum absolute atomic E-state index is 0.00388. The highest BCUT2D eigenvalue weighted by molar-refractivity contribution is 9.10. The van der Waals surface area contributed by atoms with Gasteiger partial charge in [0.1, 0.15) is 0 Å². The van der Waals surface area contributed by atoms with E-state index in [0.29, 0.717) is 5.95 Å². The predicted molar refractivity (Wildman–Crippen MR) is 96.0 cm³/mol. The molecule has 1 aromatic carbocycles. The van der Waals surface area contributed by atoms with E-state index in [1.54, 1.807) is 0 Å². The molecule has 0 saturated heterocycles. The van der Waals surface area contributed by atoms with Crippen molar-refractivity contribution >= 4 is 21.9 Å². The predicted octanol–water partition coefficient (Wildman–Crippen LogP) is 2.20. The highest BCUT2D eigenvalue weighted by Gasteiger charge is 2.19. The fourth-order valence-electron chi connectivity index (χ4n) is 2.86. The lowest BCUT2D eigenvalue weighted by Gasteiger charge is -2.19. The highest BCUT2D eigenvalue weighted by atomic mass is 79.9. The van der Waals surface area contributed by atoms with Crippen molar-refractivity contribution in [2.45, 2.75) is 19.4 Å². The molecule has 122 valence electrons. The van der Waals surface area contributed by atoms with Crippen LogP contribution in [0, 0.1) is 0 Å². The van der Waals surface area contributed by atoms with Crippen LogP contribution >= 0.6 is 15.9 Å². The van der Waals surface area contributed by atoms with Gasteiger partial charge in [0.05, 0.1) is 5.69 Å². The van der Waals surface area contributed by atoms with Crippen molar-refractivity contribution in [2.24, 2.45) is 0 Å². The van der Waals surface area contributed by atoms with Gasteiger partial charge in [-0.3, -0.25) is 14.7 Å². The molecule has 0 fully saturated rings. The molecule has 6 heteroatoms. The topological polar surface area (TPSA) is 52.2 Å². The van der Waals surface area contributed by atoms with E-state index in [-0.39, 0.29) is 5.56 Å². The monoisotopic (exact) mass is 376 g/mol. The smallest absolute Gasteiger partial charge is 0.255 e. The SMILES string of the molecule is CN(C)c1nc2c(c(=O)[nH]1)CCN(Cc1ccc(Br)cc1)CC2. The zero-order chi connectivity index (χ0) is 16.4. The van der Waals surface area contributed by atoms with Crippen LogP contribution in [-0.4, -0.2) is 42.1 Å². The first-order valence-electron chi connectivity index (χ1n) is 7.79. The Balaban J connectivity index is 1.76. The first-order chi connectivity index (χ1) is 11.0. The van der Waals surface area contributed by atoms with E-state index in [2.05, 4.69) is 55.1 Å². The first kappa shape index (κ1) is 16.2. The van der Waals surface area contributed by atoms with Crippen LogP contribution in [0.25, 0.3) is 0 Å². The number of nitrogens with one attached hydrogen (secondary N) is 1. The van der Waals surface area contributed by atoms with E-state index in [1.807, 2.05) is 19.0 Å². The molecule has 0 saturated carbocycles. The molecule has 1 N–H and O–H groups in total. The van der Waals surface area contributed by atoms with Gasteiger partial charge in [0.2, 0.25) is 5.95 Å². The van der Waals surface area contributed by atoms with E-state index in [4.69, 9.17) is 0 Å². The van der Waals surface area contributed by atoms with Crippen LogP contribution < -0.4 is 10.5 Å². The van der Waals surface area contributed by atoms with Crippen molar-refractivity contribution in [3.8, 4) is 0 Å². The first-order valence-corrected chi connectivity index (χ1v) is 8.58. The van der Waals surface area contributed by atoms with Crippen molar-refractivity contribution in [1.29, 1.82) is 0 Å². The third-order valence-corrected chi connectivity index (χ3v) is 4.70. The summed E-state index contributed by atoms with van der Waals surface area (Å²) in [6, 6.07) is 8.41. The number of hydrogen-bond donors (Lipinski definition) is 1. The maximum Gasteiger partial charge on any atom is 0.255 e. The molecule has 0 amide bonds. The number of H-pyrrole nitrogens is 1. The molecule has 0 bridgehead atoms.